The first-order chi connectivity index (χ1) is 19.9. The van der Waals surface area contributed by atoms with Crippen LogP contribution < -0.4 is 9.46 Å². The Morgan fingerprint density at radius 3 is 2.21 bits per heavy atom. The minimum absolute atomic E-state index is 0.0624. The largest absolute Gasteiger partial charge is 0.493 e. The van der Waals surface area contributed by atoms with Crippen molar-refractivity contribution in [2.24, 2.45) is 10.2 Å². The molecular weight excluding hydrogens is 550 g/mol. The summed E-state index contributed by atoms with van der Waals surface area (Å²) in [6, 6.07) is 19.9. The minimum Gasteiger partial charge on any atom is -0.493 e. The standard InChI is InChI=1S/C32H41N5O4S/c1-7-37-30(38)34-36-32(37,22-24-13-17-26(18-14-24)31(3,4)5)21-9-10-23-11-15-25(16-12-23)27-19-20-28(41-6)29(33-27)35-42(39,40)8-2/h11-20H,7-10,21-22H2,1-6H3,(H,33,35). The molecule has 1 N–H and O–H groups in total. The fourth-order valence-electron chi connectivity index (χ4n) is 5.19. The maximum absolute atomic E-state index is 12.6. The molecule has 224 valence electrons. The van der Waals surface area contributed by atoms with Gasteiger partial charge < -0.3 is 4.74 Å². The number of sulfonamides is 1. The second-order valence-corrected chi connectivity index (χ2v) is 13.6. The van der Waals surface area contributed by atoms with Crippen LogP contribution >= 0.6 is 0 Å². The molecule has 1 aromatic heterocycles. The Morgan fingerprint density at radius 1 is 0.952 bits per heavy atom. The van der Waals surface area contributed by atoms with E-state index in [1.54, 1.807) is 24.0 Å². The van der Waals surface area contributed by atoms with E-state index in [2.05, 4.69) is 65.0 Å². The molecule has 1 atom stereocenters. The molecule has 3 aromatic rings. The first-order valence-corrected chi connectivity index (χ1v) is 16.0. The maximum Gasteiger partial charge on any atom is 0.363 e. The number of azo groups is 1. The number of hydrogen-bond donors (Lipinski definition) is 1. The number of methoxy groups -OCH3 is 1. The summed E-state index contributed by atoms with van der Waals surface area (Å²) < 4.78 is 32.0. The normalized spacial score (nSPS) is 17.1. The molecule has 0 bridgehead atoms. The van der Waals surface area contributed by atoms with Crippen LogP contribution in [0.5, 0.6) is 5.75 Å². The highest BCUT2D eigenvalue weighted by molar-refractivity contribution is 7.92. The van der Waals surface area contributed by atoms with E-state index < -0.39 is 15.7 Å². The monoisotopic (exact) mass is 591 g/mol. The molecule has 1 unspecified atom stereocenters. The molecular formula is C32H41N5O4S. The maximum atomic E-state index is 12.6. The van der Waals surface area contributed by atoms with Gasteiger partial charge in [0.05, 0.1) is 18.6 Å². The van der Waals surface area contributed by atoms with Crippen LogP contribution in [-0.2, 0) is 28.3 Å². The summed E-state index contributed by atoms with van der Waals surface area (Å²) in [5, 5.41) is 8.51. The van der Waals surface area contributed by atoms with E-state index in [1.807, 2.05) is 31.2 Å². The number of aryl methyl sites for hydroxylation is 1. The Hall–Kier alpha value is -3.79. The van der Waals surface area contributed by atoms with Crippen molar-refractivity contribution in [2.45, 2.75) is 71.4 Å². The number of nitrogens with one attached hydrogen (secondary N) is 1. The third kappa shape index (κ3) is 7.15. The molecule has 2 heterocycles. The zero-order valence-corrected chi connectivity index (χ0v) is 26.2. The third-order valence-corrected chi connectivity index (χ3v) is 8.95. The van der Waals surface area contributed by atoms with Crippen molar-refractivity contribution in [3.8, 4) is 17.0 Å². The zero-order chi connectivity index (χ0) is 30.5. The lowest BCUT2D eigenvalue weighted by Crippen LogP contribution is -2.47. The second kappa shape index (κ2) is 12.6. The molecule has 0 radical (unpaired) electrons. The summed E-state index contributed by atoms with van der Waals surface area (Å²) in [6.45, 7) is 10.7. The summed E-state index contributed by atoms with van der Waals surface area (Å²) >= 11 is 0. The first-order valence-electron chi connectivity index (χ1n) is 14.4. The van der Waals surface area contributed by atoms with Crippen molar-refractivity contribution < 1.29 is 17.9 Å². The summed E-state index contributed by atoms with van der Waals surface area (Å²) in [5.74, 6) is 0.461. The predicted molar refractivity (Wildman–Crippen MR) is 166 cm³/mol. The summed E-state index contributed by atoms with van der Waals surface area (Å²) in [7, 11) is -2.03. The molecule has 4 rings (SSSR count). The topological polar surface area (TPSA) is 113 Å². The SMILES string of the molecule is CCN1C(=O)N=NC1(CCCc1ccc(-c2ccc(OC)c(NS(=O)(=O)CC)n2)cc1)Cc1ccc(C(C)(C)C)cc1. The van der Waals surface area contributed by atoms with Gasteiger partial charge in [0.15, 0.2) is 17.2 Å². The van der Waals surface area contributed by atoms with Crippen LogP contribution in [0.1, 0.15) is 64.2 Å². The highest BCUT2D eigenvalue weighted by Gasteiger charge is 2.43. The number of ether oxygens (including phenoxy) is 1. The average molecular weight is 592 g/mol. The van der Waals surface area contributed by atoms with E-state index in [1.165, 1.54) is 12.7 Å². The highest BCUT2D eigenvalue weighted by atomic mass is 32.2. The molecule has 42 heavy (non-hydrogen) atoms. The lowest BCUT2D eigenvalue weighted by Gasteiger charge is -2.34. The molecule has 1 aliphatic heterocycles. The highest BCUT2D eigenvalue weighted by Crippen LogP contribution is 2.35. The Labute approximate surface area is 249 Å². The van der Waals surface area contributed by atoms with E-state index in [0.717, 1.165) is 29.5 Å². The van der Waals surface area contributed by atoms with Crippen molar-refractivity contribution in [1.82, 2.24) is 9.88 Å². The van der Waals surface area contributed by atoms with Gasteiger partial charge in [0.25, 0.3) is 0 Å². The Morgan fingerprint density at radius 2 is 1.62 bits per heavy atom. The van der Waals surface area contributed by atoms with Crippen LogP contribution in [0.3, 0.4) is 0 Å². The van der Waals surface area contributed by atoms with Gasteiger partial charge in [-0.2, -0.15) is 5.11 Å². The van der Waals surface area contributed by atoms with Crippen LogP contribution in [0.4, 0.5) is 10.6 Å². The molecule has 2 amide bonds. The van der Waals surface area contributed by atoms with Gasteiger partial charge in [-0.05, 0) is 67.3 Å². The lowest BCUT2D eigenvalue weighted by atomic mass is 9.85. The van der Waals surface area contributed by atoms with Crippen molar-refractivity contribution in [3.63, 3.8) is 0 Å². The van der Waals surface area contributed by atoms with Gasteiger partial charge >= 0.3 is 6.03 Å². The fourth-order valence-corrected chi connectivity index (χ4v) is 5.77. The summed E-state index contributed by atoms with van der Waals surface area (Å²) in [5.41, 5.74) is 4.42. The summed E-state index contributed by atoms with van der Waals surface area (Å²) in [6.07, 6.45) is 2.95. The van der Waals surface area contributed by atoms with E-state index in [4.69, 9.17) is 4.74 Å². The van der Waals surface area contributed by atoms with Crippen LogP contribution in [0.25, 0.3) is 11.3 Å². The van der Waals surface area contributed by atoms with Gasteiger partial charge in [0.2, 0.25) is 10.0 Å². The van der Waals surface area contributed by atoms with Crippen molar-refractivity contribution in [2.75, 3.05) is 24.1 Å². The number of nitrogens with zero attached hydrogens (tertiary/aromatic N) is 4. The van der Waals surface area contributed by atoms with Gasteiger partial charge in [0, 0.05) is 18.5 Å². The smallest absolute Gasteiger partial charge is 0.363 e. The van der Waals surface area contributed by atoms with Crippen molar-refractivity contribution in [1.29, 1.82) is 0 Å². The van der Waals surface area contributed by atoms with Crippen LogP contribution in [-0.4, -0.2) is 49.4 Å². The number of pyridine rings is 1. The van der Waals surface area contributed by atoms with Gasteiger partial charge in [0.1, 0.15) is 0 Å². The number of carbonyl (C=O) groups excluding carboxylic acids is 1. The average Bonchev–Trinajstić information content (AvgIpc) is 3.27. The van der Waals surface area contributed by atoms with Gasteiger partial charge in [-0.3, -0.25) is 9.62 Å². The number of rotatable bonds is 12. The van der Waals surface area contributed by atoms with E-state index in [-0.39, 0.29) is 23.0 Å². The number of carbonyl (C=O) groups is 1. The molecule has 1 aliphatic rings. The van der Waals surface area contributed by atoms with Gasteiger partial charge in [-0.1, -0.05) is 74.4 Å². The molecule has 0 saturated heterocycles. The van der Waals surface area contributed by atoms with Crippen molar-refractivity contribution in [3.05, 3.63) is 77.4 Å². The van der Waals surface area contributed by atoms with Crippen LogP contribution in [0.2, 0.25) is 0 Å². The second-order valence-electron chi connectivity index (χ2n) is 11.6. The Bertz CT molecular complexity index is 1530. The molecule has 2 aromatic carbocycles. The van der Waals surface area contributed by atoms with Crippen LogP contribution in [0, 0.1) is 0 Å². The van der Waals surface area contributed by atoms with Crippen LogP contribution in [0.15, 0.2) is 70.9 Å². The molecule has 0 spiro atoms. The molecule has 0 fully saturated rings. The number of anilines is 1. The molecule has 10 heteroatoms. The number of hydrogen-bond acceptors (Lipinski definition) is 6. The zero-order valence-electron chi connectivity index (χ0n) is 25.3. The van der Waals surface area contributed by atoms with E-state index >= 15 is 0 Å². The number of benzene rings is 2. The van der Waals surface area contributed by atoms with Crippen molar-refractivity contribution >= 4 is 21.9 Å². The molecule has 0 aliphatic carbocycles. The number of likely N-dealkylation sites (N-methyl/N-ethyl adjacent to an activating group) is 1. The lowest BCUT2D eigenvalue weighted by molar-refractivity contribution is 0.138. The predicted octanol–water partition coefficient (Wildman–Crippen LogP) is 6.99. The van der Waals surface area contributed by atoms with E-state index in [0.29, 0.717) is 30.8 Å². The molecule has 9 nitrogen and oxygen atoms in total. The Balaban J connectivity index is 1.46. The Kier molecular flexibility index (Phi) is 9.35. The number of amides is 2. The first kappa shape index (κ1) is 31.2. The van der Waals surface area contributed by atoms with Gasteiger partial charge in [-0.25, -0.2) is 18.2 Å². The number of aromatic nitrogens is 1. The quantitative estimate of drug-likeness (QED) is 0.244. The molecule has 0 saturated carbocycles. The third-order valence-electron chi connectivity index (χ3n) is 7.68. The fraction of sp³-hybridized carbons (Fsp3) is 0.438. The number of urea groups is 1. The minimum atomic E-state index is -3.50. The van der Waals surface area contributed by atoms with Gasteiger partial charge in [-0.15, -0.1) is 0 Å². The summed E-state index contributed by atoms with van der Waals surface area (Å²) in [4.78, 5) is 18.9. The van der Waals surface area contributed by atoms with E-state index in [9.17, 15) is 13.2 Å².